The Morgan fingerprint density at radius 1 is 1.09 bits per heavy atom. The molecular formula is C27H25N5O2S. The minimum atomic E-state index is -0.176. The minimum absolute atomic E-state index is 0.0654. The predicted octanol–water partition coefficient (Wildman–Crippen LogP) is 5.31. The van der Waals surface area contributed by atoms with Gasteiger partial charge in [-0.2, -0.15) is 5.10 Å². The van der Waals surface area contributed by atoms with Crippen LogP contribution in [0.5, 0.6) is 5.75 Å². The Balaban J connectivity index is 1.26. The van der Waals surface area contributed by atoms with Crippen molar-refractivity contribution in [3.8, 4) is 5.75 Å². The number of hydrogen-bond acceptors (Lipinski definition) is 6. The zero-order chi connectivity index (χ0) is 23.8. The number of rotatable bonds is 7. The van der Waals surface area contributed by atoms with E-state index in [0.29, 0.717) is 17.5 Å². The number of nitrogens with one attached hydrogen (secondary N) is 1. The lowest BCUT2D eigenvalue weighted by Crippen LogP contribution is -2.28. The number of aromatic nitrogens is 3. The van der Waals surface area contributed by atoms with Gasteiger partial charge in [-0.05, 0) is 52.9 Å². The number of carbonyl (C=O) groups is 1. The number of fused-ring (bicyclic) bond motifs is 1. The number of hydrogen-bond donors (Lipinski definition) is 1. The Kier molecular flexibility index (Phi) is 5.74. The van der Waals surface area contributed by atoms with E-state index in [-0.39, 0.29) is 17.7 Å². The highest BCUT2D eigenvalue weighted by molar-refractivity contribution is 7.99. The van der Waals surface area contributed by atoms with Gasteiger partial charge in [0.2, 0.25) is 5.16 Å². The fraction of sp³-hybridized carbons (Fsp3) is 0.259. The first-order valence-corrected chi connectivity index (χ1v) is 12.7. The number of H-pyrrole nitrogens is 1. The summed E-state index contributed by atoms with van der Waals surface area (Å²) < 4.78 is 5.32. The maximum atomic E-state index is 13.4. The van der Waals surface area contributed by atoms with Crippen molar-refractivity contribution in [2.75, 3.05) is 12.9 Å². The molecule has 2 heterocycles. The van der Waals surface area contributed by atoms with Crippen molar-refractivity contribution < 1.29 is 9.53 Å². The number of thioether (sulfide) groups is 1. The zero-order valence-corrected chi connectivity index (χ0v) is 20.2. The molecule has 1 aliphatic carbocycles. The molecule has 6 rings (SSSR count). The van der Waals surface area contributed by atoms with E-state index in [4.69, 9.17) is 9.84 Å². The average molecular weight is 484 g/mol. The van der Waals surface area contributed by atoms with Crippen molar-refractivity contribution in [2.24, 2.45) is 5.10 Å². The minimum Gasteiger partial charge on any atom is -0.497 e. The van der Waals surface area contributed by atoms with Crippen molar-refractivity contribution in [3.63, 3.8) is 0 Å². The van der Waals surface area contributed by atoms with Gasteiger partial charge in [0.05, 0.1) is 24.6 Å². The molecule has 7 nitrogen and oxygen atoms in total. The van der Waals surface area contributed by atoms with Crippen LogP contribution in [0.3, 0.4) is 0 Å². The first-order valence-electron chi connectivity index (χ1n) is 11.8. The van der Waals surface area contributed by atoms with E-state index in [1.165, 1.54) is 17.1 Å². The highest BCUT2D eigenvalue weighted by Crippen LogP contribution is 2.38. The van der Waals surface area contributed by atoms with Crippen LogP contribution in [-0.2, 0) is 4.79 Å². The Hall–Kier alpha value is -3.65. The van der Waals surface area contributed by atoms with Gasteiger partial charge in [-0.15, -0.1) is 5.10 Å². The normalized spacial score (nSPS) is 17.6. The number of hydrazone groups is 1. The molecule has 0 radical (unpaired) electrons. The molecule has 2 aliphatic rings. The first kappa shape index (κ1) is 21.9. The summed E-state index contributed by atoms with van der Waals surface area (Å²) in [5.74, 6) is 2.37. The number of methoxy groups -OCH3 is 1. The van der Waals surface area contributed by atoms with E-state index in [2.05, 4.69) is 45.5 Å². The second-order valence-corrected chi connectivity index (χ2v) is 9.85. The van der Waals surface area contributed by atoms with Crippen molar-refractivity contribution in [1.29, 1.82) is 0 Å². The van der Waals surface area contributed by atoms with Crippen molar-refractivity contribution >= 4 is 34.2 Å². The van der Waals surface area contributed by atoms with Gasteiger partial charge in [0, 0.05) is 12.3 Å². The number of amides is 1. The van der Waals surface area contributed by atoms with Gasteiger partial charge in [-0.3, -0.25) is 9.89 Å². The van der Waals surface area contributed by atoms with Crippen LogP contribution in [0.4, 0.5) is 0 Å². The molecule has 35 heavy (non-hydrogen) atoms. The molecular weight excluding hydrogens is 458 g/mol. The number of benzene rings is 3. The molecule has 1 aromatic heterocycles. The number of aromatic amines is 1. The Morgan fingerprint density at radius 3 is 2.66 bits per heavy atom. The first-order chi connectivity index (χ1) is 17.2. The molecule has 3 aromatic carbocycles. The summed E-state index contributed by atoms with van der Waals surface area (Å²) in [6, 6.07) is 22.3. The molecule has 1 amide bonds. The summed E-state index contributed by atoms with van der Waals surface area (Å²) in [5.41, 5.74) is 2.97. The fourth-order valence-corrected chi connectivity index (χ4v) is 5.08. The van der Waals surface area contributed by atoms with Crippen LogP contribution >= 0.6 is 11.8 Å². The molecule has 176 valence electrons. The molecule has 1 atom stereocenters. The predicted molar refractivity (Wildman–Crippen MR) is 137 cm³/mol. The van der Waals surface area contributed by atoms with E-state index in [0.717, 1.165) is 46.6 Å². The second-order valence-electron chi connectivity index (χ2n) is 8.91. The SMILES string of the molecule is COc1ccc(C2CC(c3ccc4ccccc4c3)=NN2C(=O)CSc2n[nH]c(C3CC3)n2)cc1. The van der Waals surface area contributed by atoms with Crippen LogP contribution in [0.25, 0.3) is 10.8 Å². The summed E-state index contributed by atoms with van der Waals surface area (Å²) in [7, 11) is 1.65. The highest BCUT2D eigenvalue weighted by Gasteiger charge is 2.33. The Labute approximate surface area is 207 Å². The standard InChI is InChI=1S/C27H25N5O2S/c1-34-22-12-10-18(11-13-22)24-15-23(21-9-6-17-4-2-3-5-20(17)14-21)31-32(24)25(33)16-35-27-28-26(29-30-27)19-7-8-19/h2-6,9-14,19,24H,7-8,15-16H2,1H3,(H,28,29,30). The maximum absolute atomic E-state index is 13.4. The maximum Gasteiger partial charge on any atom is 0.253 e. The van der Waals surface area contributed by atoms with Crippen molar-refractivity contribution in [3.05, 3.63) is 83.7 Å². The fourth-order valence-electron chi connectivity index (χ4n) is 4.42. The van der Waals surface area contributed by atoms with Gasteiger partial charge < -0.3 is 4.74 Å². The lowest BCUT2D eigenvalue weighted by molar-refractivity contribution is -0.130. The van der Waals surface area contributed by atoms with E-state index in [9.17, 15) is 4.79 Å². The number of ether oxygens (including phenoxy) is 1. The van der Waals surface area contributed by atoms with Crippen LogP contribution in [-0.4, -0.2) is 44.7 Å². The van der Waals surface area contributed by atoms with Gasteiger partial charge >= 0.3 is 0 Å². The van der Waals surface area contributed by atoms with Gasteiger partial charge in [0.15, 0.2) is 0 Å². The number of carbonyl (C=O) groups excluding carboxylic acids is 1. The second kappa shape index (κ2) is 9.19. The molecule has 1 unspecified atom stereocenters. The topological polar surface area (TPSA) is 83.5 Å². The van der Waals surface area contributed by atoms with Crippen molar-refractivity contribution in [2.45, 2.75) is 36.4 Å². The Morgan fingerprint density at radius 2 is 1.89 bits per heavy atom. The highest BCUT2D eigenvalue weighted by atomic mass is 32.2. The Bertz CT molecular complexity index is 1410. The molecule has 1 saturated carbocycles. The third kappa shape index (κ3) is 4.53. The summed E-state index contributed by atoms with van der Waals surface area (Å²) in [4.78, 5) is 17.9. The van der Waals surface area contributed by atoms with Gasteiger partial charge in [0.1, 0.15) is 11.6 Å². The van der Waals surface area contributed by atoms with Crippen LogP contribution < -0.4 is 4.74 Å². The molecule has 0 spiro atoms. The lowest BCUT2D eigenvalue weighted by Gasteiger charge is -2.22. The quantitative estimate of drug-likeness (QED) is 0.360. The van der Waals surface area contributed by atoms with Gasteiger partial charge in [-0.25, -0.2) is 9.99 Å². The molecule has 0 saturated heterocycles. The molecule has 0 bridgehead atoms. The molecule has 1 N–H and O–H groups in total. The molecule has 1 fully saturated rings. The molecule has 8 heteroatoms. The van der Waals surface area contributed by atoms with Crippen LogP contribution in [0, 0.1) is 0 Å². The largest absolute Gasteiger partial charge is 0.497 e. The van der Waals surface area contributed by atoms with E-state index >= 15 is 0 Å². The van der Waals surface area contributed by atoms with Crippen LogP contribution in [0.1, 0.15) is 48.2 Å². The summed E-state index contributed by atoms with van der Waals surface area (Å²) in [6.45, 7) is 0. The third-order valence-electron chi connectivity index (χ3n) is 6.52. The lowest BCUT2D eigenvalue weighted by atomic mass is 9.97. The smallest absolute Gasteiger partial charge is 0.253 e. The molecule has 4 aromatic rings. The van der Waals surface area contributed by atoms with Crippen LogP contribution in [0.15, 0.2) is 77.0 Å². The zero-order valence-electron chi connectivity index (χ0n) is 19.3. The van der Waals surface area contributed by atoms with Crippen LogP contribution in [0.2, 0.25) is 0 Å². The average Bonchev–Trinajstić information content (AvgIpc) is 3.48. The van der Waals surface area contributed by atoms with E-state index < -0.39 is 0 Å². The summed E-state index contributed by atoms with van der Waals surface area (Å²) >= 11 is 1.35. The third-order valence-corrected chi connectivity index (χ3v) is 7.35. The van der Waals surface area contributed by atoms with Gasteiger partial charge in [-0.1, -0.05) is 60.3 Å². The van der Waals surface area contributed by atoms with E-state index in [1.807, 2.05) is 36.4 Å². The monoisotopic (exact) mass is 483 g/mol. The van der Waals surface area contributed by atoms with E-state index in [1.54, 1.807) is 12.1 Å². The van der Waals surface area contributed by atoms with Crippen molar-refractivity contribution in [1.82, 2.24) is 20.2 Å². The molecule has 1 aliphatic heterocycles. The number of nitrogens with zero attached hydrogens (tertiary/aromatic N) is 4. The van der Waals surface area contributed by atoms with Gasteiger partial charge in [0.25, 0.3) is 5.91 Å². The summed E-state index contributed by atoms with van der Waals surface area (Å²) in [5, 5.41) is 16.7. The summed E-state index contributed by atoms with van der Waals surface area (Å²) in [6.07, 6.45) is 2.96.